The second kappa shape index (κ2) is 6.85. The Morgan fingerprint density at radius 3 is 2.22 bits per heavy atom. The quantitative estimate of drug-likeness (QED) is 0.391. The van der Waals surface area contributed by atoms with Crippen molar-refractivity contribution in [3.05, 3.63) is 22.8 Å². The van der Waals surface area contributed by atoms with Crippen LogP contribution in [0.3, 0.4) is 0 Å². The van der Waals surface area contributed by atoms with Gasteiger partial charge in [-0.05, 0) is 76.7 Å². The third-order valence-electron chi connectivity index (χ3n) is 12.4. The zero-order chi connectivity index (χ0) is 25.7. The number of hydrogen-bond donors (Lipinski definition) is 2. The summed E-state index contributed by atoms with van der Waals surface area (Å²) in [6, 6.07) is 0. The van der Waals surface area contributed by atoms with Gasteiger partial charge in [0, 0.05) is 29.1 Å². The van der Waals surface area contributed by atoms with Crippen LogP contribution in [0.1, 0.15) is 67.2 Å². The Bertz CT molecular complexity index is 1130. The highest BCUT2D eigenvalue weighted by Gasteiger charge is 2.78. The Morgan fingerprint density at radius 1 is 0.889 bits per heavy atom. The van der Waals surface area contributed by atoms with E-state index in [2.05, 4.69) is 19.9 Å². The minimum atomic E-state index is -0.931. The summed E-state index contributed by atoms with van der Waals surface area (Å²) in [4.78, 5) is 25.7. The number of hydrogen-bond acceptors (Lipinski definition) is 6. The first-order valence-electron chi connectivity index (χ1n) is 14.1. The van der Waals surface area contributed by atoms with Crippen LogP contribution in [0.15, 0.2) is 22.8 Å². The van der Waals surface area contributed by atoms with Gasteiger partial charge in [-0.25, -0.2) is 0 Å². The van der Waals surface area contributed by atoms with Crippen molar-refractivity contribution in [2.24, 2.45) is 58.7 Å². The molecule has 6 heteroatoms. The Hall–Kier alpha value is -1.66. The first-order chi connectivity index (χ1) is 16.8. The summed E-state index contributed by atoms with van der Waals surface area (Å²) in [6.45, 7) is 12.2. The zero-order valence-electron chi connectivity index (χ0n) is 22.3. The number of carbonyl (C=O) groups excluding carboxylic acids is 2. The average molecular weight is 497 g/mol. The summed E-state index contributed by atoms with van der Waals surface area (Å²) in [5.74, 6) is -0.460. The lowest BCUT2D eigenvalue weighted by Crippen LogP contribution is -2.51. The number of esters is 2. The van der Waals surface area contributed by atoms with Crippen LogP contribution in [0.4, 0.5) is 0 Å². The third kappa shape index (κ3) is 2.43. The van der Waals surface area contributed by atoms with Crippen LogP contribution in [0.5, 0.6) is 0 Å². The Labute approximate surface area is 213 Å². The fourth-order valence-electron chi connectivity index (χ4n) is 11.0. The lowest BCUT2D eigenvalue weighted by Gasteiger charge is -2.47. The van der Waals surface area contributed by atoms with Gasteiger partial charge in [0.25, 0.3) is 0 Å². The van der Waals surface area contributed by atoms with Gasteiger partial charge >= 0.3 is 11.9 Å². The first kappa shape index (κ1) is 23.5. The molecule has 0 aromatic heterocycles. The van der Waals surface area contributed by atoms with E-state index in [1.807, 2.05) is 27.7 Å². The lowest BCUT2D eigenvalue weighted by atomic mass is 9.58. The van der Waals surface area contributed by atoms with Crippen LogP contribution in [0.25, 0.3) is 0 Å². The van der Waals surface area contributed by atoms with Crippen molar-refractivity contribution in [1.29, 1.82) is 0 Å². The molecule has 36 heavy (non-hydrogen) atoms. The fraction of sp³-hybridized carbons (Fsp3) is 0.800. The van der Waals surface area contributed by atoms with Gasteiger partial charge in [0.1, 0.15) is 12.2 Å². The summed E-state index contributed by atoms with van der Waals surface area (Å²) in [5.41, 5.74) is 1.23. The maximum Gasteiger partial charge on any atom is 0.309 e. The van der Waals surface area contributed by atoms with Crippen molar-refractivity contribution in [1.82, 2.24) is 0 Å². The highest BCUT2D eigenvalue weighted by molar-refractivity contribution is 5.76. The molecule has 2 heterocycles. The molecule has 7 rings (SSSR count). The van der Waals surface area contributed by atoms with Crippen LogP contribution < -0.4 is 0 Å². The van der Waals surface area contributed by atoms with Crippen molar-refractivity contribution in [2.45, 2.75) is 90.6 Å². The molecule has 2 aliphatic heterocycles. The monoisotopic (exact) mass is 496 g/mol. The van der Waals surface area contributed by atoms with Gasteiger partial charge in [-0.3, -0.25) is 9.59 Å². The predicted octanol–water partition coefficient (Wildman–Crippen LogP) is 3.80. The minimum Gasteiger partial charge on any atom is -0.461 e. The molecule has 0 aromatic rings. The summed E-state index contributed by atoms with van der Waals surface area (Å²) in [6.07, 6.45) is 4.59. The lowest BCUT2D eigenvalue weighted by molar-refractivity contribution is -0.153. The average Bonchev–Trinajstić information content (AvgIpc) is 3.49. The minimum absolute atomic E-state index is 0.0486. The highest BCUT2D eigenvalue weighted by Crippen LogP contribution is 2.78. The SMILES string of the molecule is CC1=C[C@H]2[C@H]3[C@H](C(C)=C4[C@H]5OC(=O)[C@@H](C)[C@@H]5CC[C@@](C)(O)[C@@H]43)[C@@]13[C@@H]2[C@](C)(O)CC[C@H]1[C@H](C)C(=O)O[C@@H]13. The number of carbonyl (C=O) groups is 2. The van der Waals surface area contributed by atoms with Gasteiger partial charge in [-0.2, -0.15) is 0 Å². The molecule has 0 unspecified atom stereocenters. The van der Waals surface area contributed by atoms with E-state index in [4.69, 9.17) is 9.47 Å². The molecule has 14 atom stereocenters. The maximum atomic E-state index is 13.0. The van der Waals surface area contributed by atoms with Crippen molar-refractivity contribution >= 4 is 11.9 Å². The van der Waals surface area contributed by atoms with Crippen LogP contribution >= 0.6 is 0 Å². The molecular formula is C30H40O6. The van der Waals surface area contributed by atoms with Gasteiger partial charge in [0.05, 0.1) is 23.0 Å². The number of aliphatic hydroxyl groups is 2. The van der Waals surface area contributed by atoms with E-state index in [0.29, 0.717) is 12.8 Å². The van der Waals surface area contributed by atoms with E-state index in [1.54, 1.807) is 0 Å². The molecule has 0 radical (unpaired) electrons. The molecule has 0 amide bonds. The topological polar surface area (TPSA) is 93.1 Å². The fourth-order valence-corrected chi connectivity index (χ4v) is 11.0. The molecule has 5 fully saturated rings. The molecule has 7 aliphatic rings. The summed E-state index contributed by atoms with van der Waals surface area (Å²) < 4.78 is 12.4. The van der Waals surface area contributed by atoms with E-state index in [9.17, 15) is 19.8 Å². The molecule has 2 saturated heterocycles. The largest absolute Gasteiger partial charge is 0.461 e. The standard InChI is InChI=1S/C30H40O6/c1-12-11-18-20-21(30(12)24(18)29(6,34)10-8-17-14(3)27(32)36-25(17)30)15(4)19-22(20)28(5,33)9-7-16-13(2)26(31)35-23(16)19/h11,13-14,16-18,20-25,33-34H,7-10H2,1-6H3/t13-,14-,16-,17-,18-,20-,21-,22-,23-,24-,25-,28+,29+,30+/m0/s1. The Balaban J connectivity index is 1.47. The predicted molar refractivity (Wildman–Crippen MR) is 131 cm³/mol. The number of allylic oxidation sites excluding steroid dienone is 2. The highest BCUT2D eigenvalue weighted by atomic mass is 16.6. The molecular weight excluding hydrogens is 456 g/mol. The van der Waals surface area contributed by atoms with Crippen LogP contribution in [-0.2, 0) is 19.1 Å². The molecule has 0 spiro atoms. The first-order valence-corrected chi connectivity index (χ1v) is 14.1. The van der Waals surface area contributed by atoms with Crippen LogP contribution in [-0.4, -0.2) is 45.6 Å². The molecule has 3 saturated carbocycles. The van der Waals surface area contributed by atoms with Crippen LogP contribution in [0.2, 0.25) is 0 Å². The van der Waals surface area contributed by atoms with E-state index >= 15 is 0 Å². The molecule has 2 bridgehead atoms. The normalized spacial score (nSPS) is 58.8. The molecule has 2 N–H and O–H groups in total. The zero-order valence-corrected chi connectivity index (χ0v) is 22.3. The number of ether oxygens (including phenoxy) is 2. The van der Waals surface area contributed by atoms with E-state index in [0.717, 1.165) is 18.4 Å². The van der Waals surface area contributed by atoms with Crippen molar-refractivity contribution in [3.63, 3.8) is 0 Å². The Morgan fingerprint density at radius 2 is 1.50 bits per heavy atom. The number of fused-ring (bicyclic) bond motifs is 7. The van der Waals surface area contributed by atoms with Crippen molar-refractivity contribution in [3.8, 4) is 0 Å². The van der Waals surface area contributed by atoms with Gasteiger partial charge < -0.3 is 19.7 Å². The molecule has 196 valence electrons. The van der Waals surface area contributed by atoms with Gasteiger partial charge in [0.15, 0.2) is 0 Å². The second-order valence-corrected chi connectivity index (χ2v) is 13.9. The van der Waals surface area contributed by atoms with E-state index in [-0.39, 0.29) is 77.4 Å². The molecule has 5 aliphatic carbocycles. The Kier molecular flexibility index (Phi) is 4.46. The van der Waals surface area contributed by atoms with E-state index < -0.39 is 16.6 Å². The third-order valence-corrected chi connectivity index (χ3v) is 12.4. The van der Waals surface area contributed by atoms with Gasteiger partial charge in [-0.15, -0.1) is 0 Å². The van der Waals surface area contributed by atoms with Gasteiger partial charge in [-0.1, -0.05) is 31.1 Å². The van der Waals surface area contributed by atoms with E-state index in [1.165, 1.54) is 11.1 Å². The molecule has 0 aromatic carbocycles. The van der Waals surface area contributed by atoms with Crippen molar-refractivity contribution < 1.29 is 29.3 Å². The number of rotatable bonds is 0. The summed E-state index contributed by atoms with van der Waals surface area (Å²) >= 11 is 0. The van der Waals surface area contributed by atoms with Crippen molar-refractivity contribution in [2.75, 3.05) is 0 Å². The van der Waals surface area contributed by atoms with Gasteiger partial charge in [0.2, 0.25) is 0 Å². The second-order valence-electron chi connectivity index (χ2n) is 13.9. The summed E-state index contributed by atoms with van der Waals surface area (Å²) in [5, 5.41) is 24.1. The smallest absolute Gasteiger partial charge is 0.309 e. The maximum absolute atomic E-state index is 13.0. The van der Waals surface area contributed by atoms with Crippen LogP contribution in [0, 0.1) is 58.7 Å². The molecule has 6 nitrogen and oxygen atoms in total. The summed E-state index contributed by atoms with van der Waals surface area (Å²) in [7, 11) is 0.